The molecule has 0 bridgehead atoms. The number of nitrogens with one attached hydrogen (secondary N) is 1. The van der Waals surface area contributed by atoms with Crippen LogP contribution in [-0.4, -0.2) is 48.1 Å². The van der Waals surface area contributed by atoms with Gasteiger partial charge in [0.25, 0.3) is 0 Å². The smallest absolute Gasteiger partial charge is 0.309 e. The van der Waals surface area contributed by atoms with Crippen molar-refractivity contribution >= 4 is 11.9 Å². The first kappa shape index (κ1) is 15.3. The number of likely N-dealkylation sites (tertiary alicyclic amines) is 1. The Morgan fingerprint density at radius 1 is 1.35 bits per heavy atom. The fourth-order valence-corrected chi connectivity index (χ4v) is 3.53. The molecule has 0 aromatic heterocycles. The number of hydrogen-bond donors (Lipinski definition) is 2. The SMILES string of the molecule is CCCC1(C(=O)O)CCN(C(=O)[C@H]2CCCNC2)CC1. The van der Waals surface area contributed by atoms with Gasteiger partial charge in [-0.1, -0.05) is 13.3 Å². The van der Waals surface area contributed by atoms with Crippen LogP contribution in [0.2, 0.25) is 0 Å². The summed E-state index contributed by atoms with van der Waals surface area (Å²) in [5.41, 5.74) is -0.601. The van der Waals surface area contributed by atoms with E-state index in [9.17, 15) is 14.7 Å². The molecule has 2 rings (SSSR count). The molecule has 2 N–H and O–H groups in total. The molecule has 0 unspecified atom stereocenters. The minimum absolute atomic E-state index is 0.0900. The number of piperidine rings is 2. The summed E-state index contributed by atoms with van der Waals surface area (Å²) in [6, 6.07) is 0. The van der Waals surface area contributed by atoms with Crippen LogP contribution in [0, 0.1) is 11.3 Å². The number of carboxylic acids is 1. The molecular formula is C15H26N2O3. The lowest BCUT2D eigenvalue weighted by atomic mass is 9.75. The molecule has 1 amide bonds. The van der Waals surface area contributed by atoms with Crippen molar-refractivity contribution < 1.29 is 14.7 Å². The molecule has 0 aromatic carbocycles. The van der Waals surface area contributed by atoms with Crippen LogP contribution in [0.15, 0.2) is 0 Å². The standard InChI is InChI=1S/C15H26N2O3/c1-2-5-15(14(19)20)6-9-17(10-7-15)13(18)12-4-3-8-16-11-12/h12,16H,2-11H2,1H3,(H,19,20)/t12-/m0/s1. The van der Waals surface area contributed by atoms with Crippen LogP contribution in [-0.2, 0) is 9.59 Å². The van der Waals surface area contributed by atoms with Gasteiger partial charge in [0.05, 0.1) is 11.3 Å². The molecule has 0 radical (unpaired) electrons. The summed E-state index contributed by atoms with van der Waals surface area (Å²) in [6.07, 6.45) is 4.81. The first-order chi connectivity index (χ1) is 9.59. The predicted octanol–water partition coefficient (Wildman–Crippen LogP) is 1.48. The lowest BCUT2D eigenvalue weighted by Crippen LogP contribution is -2.50. The molecule has 0 aliphatic carbocycles. The van der Waals surface area contributed by atoms with E-state index >= 15 is 0 Å². The van der Waals surface area contributed by atoms with Crippen LogP contribution >= 0.6 is 0 Å². The zero-order chi connectivity index (χ0) is 14.6. The quantitative estimate of drug-likeness (QED) is 0.819. The molecule has 0 aromatic rings. The van der Waals surface area contributed by atoms with Gasteiger partial charge >= 0.3 is 5.97 Å². The van der Waals surface area contributed by atoms with Crippen molar-refractivity contribution in [3.63, 3.8) is 0 Å². The Kier molecular flexibility index (Phi) is 5.02. The number of rotatable bonds is 4. The number of carboxylic acid groups (broad SMARTS) is 1. The fourth-order valence-electron chi connectivity index (χ4n) is 3.53. The van der Waals surface area contributed by atoms with E-state index in [0.717, 1.165) is 38.8 Å². The molecule has 5 heteroatoms. The van der Waals surface area contributed by atoms with Crippen LogP contribution in [0.1, 0.15) is 45.4 Å². The molecule has 2 saturated heterocycles. The Hall–Kier alpha value is -1.10. The topological polar surface area (TPSA) is 69.6 Å². The van der Waals surface area contributed by atoms with Gasteiger partial charge in [-0.15, -0.1) is 0 Å². The number of hydrogen-bond acceptors (Lipinski definition) is 3. The molecule has 1 atom stereocenters. The van der Waals surface area contributed by atoms with Gasteiger partial charge in [-0.2, -0.15) is 0 Å². The zero-order valence-electron chi connectivity index (χ0n) is 12.4. The summed E-state index contributed by atoms with van der Waals surface area (Å²) < 4.78 is 0. The van der Waals surface area contributed by atoms with Crippen LogP contribution < -0.4 is 5.32 Å². The average Bonchev–Trinajstić information content (AvgIpc) is 2.48. The van der Waals surface area contributed by atoms with E-state index in [1.54, 1.807) is 0 Å². The number of nitrogens with zero attached hydrogens (tertiary/aromatic N) is 1. The molecule has 2 fully saturated rings. The molecule has 20 heavy (non-hydrogen) atoms. The van der Waals surface area contributed by atoms with E-state index in [0.29, 0.717) is 25.9 Å². The van der Waals surface area contributed by atoms with Crippen LogP contribution in [0.25, 0.3) is 0 Å². The van der Waals surface area contributed by atoms with Gasteiger partial charge in [0.1, 0.15) is 0 Å². The maximum absolute atomic E-state index is 12.4. The Bertz CT molecular complexity index is 356. The second-order valence-electron chi connectivity index (χ2n) is 6.20. The predicted molar refractivity (Wildman–Crippen MR) is 76.4 cm³/mol. The molecular weight excluding hydrogens is 256 g/mol. The number of aliphatic carboxylic acids is 1. The number of carbonyl (C=O) groups excluding carboxylic acids is 1. The molecule has 2 heterocycles. The molecule has 114 valence electrons. The molecule has 2 aliphatic heterocycles. The molecule has 0 saturated carbocycles. The van der Waals surface area contributed by atoms with E-state index in [1.807, 2.05) is 11.8 Å². The first-order valence-electron chi connectivity index (χ1n) is 7.82. The first-order valence-corrected chi connectivity index (χ1v) is 7.82. The van der Waals surface area contributed by atoms with Crippen molar-refractivity contribution in [2.45, 2.75) is 45.4 Å². The summed E-state index contributed by atoms with van der Waals surface area (Å²) in [4.78, 5) is 25.8. The maximum Gasteiger partial charge on any atom is 0.309 e. The summed E-state index contributed by atoms with van der Waals surface area (Å²) >= 11 is 0. The molecule has 5 nitrogen and oxygen atoms in total. The normalized spacial score (nSPS) is 26.2. The summed E-state index contributed by atoms with van der Waals surface area (Å²) in [7, 11) is 0. The Labute approximate surface area is 120 Å². The highest BCUT2D eigenvalue weighted by Gasteiger charge is 2.42. The van der Waals surface area contributed by atoms with Gasteiger partial charge in [-0.3, -0.25) is 9.59 Å². The number of carbonyl (C=O) groups is 2. The molecule has 2 aliphatic rings. The monoisotopic (exact) mass is 282 g/mol. The minimum atomic E-state index is -0.689. The van der Waals surface area contributed by atoms with Crippen molar-refractivity contribution in [1.29, 1.82) is 0 Å². The summed E-state index contributed by atoms with van der Waals surface area (Å²) in [5.74, 6) is -0.384. The largest absolute Gasteiger partial charge is 0.481 e. The second-order valence-corrected chi connectivity index (χ2v) is 6.20. The minimum Gasteiger partial charge on any atom is -0.481 e. The lowest BCUT2D eigenvalue weighted by molar-refractivity contribution is -0.155. The van der Waals surface area contributed by atoms with Gasteiger partial charge in [-0.05, 0) is 38.6 Å². The zero-order valence-corrected chi connectivity index (χ0v) is 12.4. The van der Waals surface area contributed by atoms with Crippen molar-refractivity contribution in [2.75, 3.05) is 26.2 Å². The van der Waals surface area contributed by atoms with Crippen LogP contribution in [0.4, 0.5) is 0 Å². The lowest BCUT2D eigenvalue weighted by Gasteiger charge is -2.40. The Balaban J connectivity index is 1.92. The van der Waals surface area contributed by atoms with E-state index in [1.165, 1.54) is 0 Å². The summed E-state index contributed by atoms with van der Waals surface area (Å²) in [5, 5.41) is 12.7. The second kappa shape index (κ2) is 6.57. The van der Waals surface area contributed by atoms with E-state index in [-0.39, 0.29) is 11.8 Å². The van der Waals surface area contributed by atoms with Gasteiger partial charge in [0, 0.05) is 19.6 Å². The maximum atomic E-state index is 12.4. The fraction of sp³-hybridized carbons (Fsp3) is 0.867. The van der Waals surface area contributed by atoms with E-state index in [4.69, 9.17) is 0 Å². The van der Waals surface area contributed by atoms with Crippen molar-refractivity contribution in [2.24, 2.45) is 11.3 Å². The third-order valence-corrected chi connectivity index (χ3v) is 4.86. The Morgan fingerprint density at radius 2 is 2.05 bits per heavy atom. The van der Waals surface area contributed by atoms with Crippen molar-refractivity contribution in [3.8, 4) is 0 Å². The van der Waals surface area contributed by atoms with Gasteiger partial charge < -0.3 is 15.3 Å². The van der Waals surface area contributed by atoms with Gasteiger partial charge in [0.15, 0.2) is 0 Å². The van der Waals surface area contributed by atoms with E-state index in [2.05, 4.69) is 5.32 Å². The van der Waals surface area contributed by atoms with Crippen LogP contribution in [0.3, 0.4) is 0 Å². The average molecular weight is 282 g/mol. The number of amides is 1. The van der Waals surface area contributed by atoms with Crippen LogP contribution in [0.5, 0.6) is 0 Å². The highest BCUT2D eigenvalue weighted by molar-refractivity contribution is 5.80. The highest BCUT2D eigenvalue weighted by atomic mass is 16.4. The highest BCUT2D eigenvalue weighted by Crippen LogP contribution is 2.37. The third-order valence-electron chi connectivity index (χ3n) is 4.86. The third kappa shape index (κ3) is 3.14. The van der Waals surface area contributed by atoms with Gasteiger partial charge in [-0.25, -0.2) is 0 Å². The van der Waals surface area contributed by atoms with Gasteiger partial charge in [0.2, 0.25) is 5.91 Å². The Morgan fingerprint density at radius 3 is 2.55 bits per heavy atom. The van der Waals surface area contributed by atoms with E-state index < -0.39 is 11.4 Å². The van der Waals surface area contributed by atoms with Crippen molar-refractivity contribution in [1.82, 2.24) is 10.2 Å². The molecule has 0 spiro atoms. The summed E-state index contributed by atoms with van der Waals surface area (Å²) in [6.45, 7) is 5.00. The van der Waals surface area contributed by atoms with Crippen molar-refractivity contribution in [3.05, 3.63) is 0 Å².